The van der Waals surface area contributed by atoms with Crippen LogP contribution in [0.15, 0.2) is 37.1 Å². The van der Waals surface area contributed by atoms with Gasteiger partial charge in [-0.3, -0.25) is 14.6 Å². The molecule has 150 valence electrons. The highest BCUT2D eigenvalue weighted by atomic mass is 35.5. The normalized spacial score (nSPS) is 19.1. The molecule has 0 radical (unpaired) electrons. The first kappa shape index (κ1) is 19.3. The maximum absolute atomic E-state index is 12.7. The smallest absolute Gasteiger partial charge is 0.256 e. The molecule has 8 nitrogen and oxygen atoms in total. The van der Waals surface area contributed by atoms with Crippen LogP contribution in [0.1, 0.15) is 41.6 Å². The maximum Gasteiger partial charge on any atom is 0.256 e. The summed E-state index contributed by atoms with van der Waals surface area (Å²) in [6.45, 7) is 1.92. The van der Waals surface area contributed by atoms with E-state index in [0.29, 0.717) is 34.8 Å². The fourth-order valence-corrected chi connectivity index (χ4v) is 3.77. The first-order chi connectivity index (χ1) is 14.0. The highest BCUT2D eigenvalue weighted by Crippen LogP contribution is 2.27. The van der Waals surface area contributed by atoms with Crippen molar-refractivity contribution < 1.29 is 9.59 Å². The molecule has 1 aliphatic rings. The standard InChI is InChI=1S/C20H21ClN6O2/c1-12-8-23-18-15(9-24-27(18)11-12)20(29)25-14-4-2-13(3-5-14)19(28)26-17-6-7-22-10-16(17)21/h6-11,13-14H,2-5H2,1H3,(H,25,29)(H,22,26,28)/t13-,14-. The highest BCUT2D eigenvalue weighted by Gasteiger charge is 2.28. The van der Waals surface area contributed by atoms with Crippen molar-refractivity contribution in [1.29, 1.82) is 0 Å². The first-order valence-corrected chi connectivity index (χ1v) is 9.90. The molecule has 1 aliphatic carbocycles. The SMILES string of the molecule is Cc1cnc2c(C(=O)N[C@H]3CC[C@H](C(=O)Nc4ccncc4Cl)CC3)cnn2c1. The minimum atomic E-state index is -0.187. The van der Waals surface area contributed by atoms with E-state index < -0.39 is 0 Å². The minimum absolute atomic E-state index is 0.0245. The summed E-state index contributed by atoms with van der Waals surface area (Å²) in [6.07, 6.45) is 11.0. The fraction of sp³-hybridized carbons (Fsp3) is 0.350. The van der Waals surface area contributed by atoms with E-state index in [1.165, 1.54) is 12.4 Å². The first-order valence-electron chi connectivity index (χ1n) is 9.52. The average Bonchev–Trinajstić information content (AvgIpc) is 3.13. The number of nitrogens with one attached hydrogen (secondary N) is 2. The predicted molar refractivity (Wildman–Crippen MR) is 109 cm³/mol. The second kappa shape index (κ2) is 8.16. The van der Waals surface area contributed by atoms with Gasteiger partial charge in [-0.05, 0) is 44.2 Å². The number of fused-ring (bicyclic) bond motifs is 1. The van der Waals surface area contributed by atoms with E-state index in [4.69, 9.17) is 11.6 Å². The van der Waals surface area contributed by atoms with Gasteiger partial charge in [0.2, 0.25) is 5.91 Å². The molecule has 29 heavy (non-hydrogen) atoms. The molecule has 2 N–H and O–H groups in total. The zero-order valence-electron chi connectivity index (χ0n) is 15.9. The number of hydrogen-bond donors (Lipinski definition) is 2. The van der Waals surface area contributed by atoms with Crippen LogP contribution in [0.2, 0.25) is 5.02 Å². The average molecular weight is 413 g/mol. The van der Waals surface area contributed by atoms with E-state index in [2.05, 4.69) is 25.7 Å². The third-order valence-corrected chi connectivity index (χ3v) is 5.49. The number of carbonyl (C=O) groups excluding carboxylic acids is 2. The summed E-state index contributed by atoms with van der Waals surface area (Å²) < 4.78 is 1.61. The molecule has 3 aromatic heterocycles. The number of pyridine rings is 1. The molecule has 0 spiro atoms. The molecular formula is C20H21ClN6O2. The zero-order chi connectivity index (χ0) is 20.4. The number of anilines is 1. The van der Waals surface area contributed by atoms with Gasteiger partial charge in [-0.25, -0.2) is 9.50 Å². The summed E-state index contributed by atoms with van der Waals surface area (Å²) in [5.74, 6) is -0.341. The maximum atomic E-state index is 12.7. The van der Waals surface area contributed by atoms with Crippen molar-refractivity contribution in [2.24, 2.45) is 5.92 Å². The zero-order valence-corrected chi connectivity index (χ0v) is 16.7. The second-order valence-electron chi connectivity index (χ2n) is 7.32. The summed E-state index contributed by atoms with van der Waals surface area (Å²) in [5, 5.41) is 10.5. The number of aryl methyl sites for hydroxylation is 1. The molecule has 0 aliphatic heterocycles. The Bertz CT molecular complexity index is 1060. The van der Waals surface area contributed by atoms with E-state index in [1.807, 2.05) is 13.1 Å². The lowest BCUT2D eigenvalue weighted by atomic mass is 9.85. The van der Waals surface area contributed by atoms with E-state index >= 15 is 0 Å². The number of rotatable bonds is 4. The molecule has 0 saturated heterocycles. The molecule has 0 bridgehead atoms. The van der Waals surface area contributed by atoms with Crippen LogP contribution in [0.25, 0.3) is 5.65 Å². The third kappa shape index (κ3) is 4.22. The van der Waals surface area contributed by atoms with Gasteiger partial charge in [-0.15, -0.1) is 0 Å². The Kier molecular flexibility index (Phi) is 5.44. The molecule has 3 heterocycles. The number of hydrogen-bond acceptors (Lipinski definition) is 5. The van der Waals surface area contributed by atoms with Gasteiger partial charge in [-0.2, -0.15) is 5.10 Å². The second-order valence-corrected chi connectivity index (χ2v) is 7.73. The molecule has 0 atom stereocenters. The fourth-order valence-electron chi connectivity index (χ4n) is 3.60. The predicted octanol–water partition coefficient (Wildman–Crippen LogP) is 3.01. The number of aromatic nitrogens is 4. The molecule has 4 rings (SSSR count). The quantitative estimate of drug-likeness (QED) is 0.685. The summed E-state index contributed by atoms with van der Waals surface area (Å²) in [7, 11) is 0. The Morgan fingerprint density at radius 2 is 1.97 bits per heavy atom. The topological polar surface area (TPSA) is 101 Å². The Hall–Kier alpha value is -3.00. The summed E-state index contributed by atoms with van der Waals surface area (Å²) in [5.41, 5.74) is 2.53. The van der Waals surface area contributed by atoms with E-state index in [9.17, 15) is 9.59 Å². The minimum Gasteiger partial charge on any atom is -0.349 e. The van der Waals surface area contributed by atoms with Crippen molar-refractivity contribution in [3.8, 4) is 0 Å². The van der Waals surface area contributed by atoms with Crippen LogP contribution < -0.4 is 10.6 Å². The van der Waals surface area contributed by atoms with Crippen LogP contribution in [-0.2, 0) is 4.79 Å². The largest absolute Gasteiger partial charge is 0.349 e. The summed E-state index contributed by atoms with van der Waals surface area (Å²) >= 11 is 6.05. The van der Waals surface area contributed by atoms with Gasteiger partial charge in [0.15, 0.2) is 5.65 Å². The van der Waals surface area contributed by atoms with E-state index in [0.717, 1.165) is 18.4 Å². The third-order valence-electron chi connectivity index (χ3n) is 5.19. The van der Waals surface area contributed by atoms with Gasteiger partial charge in [0.05, 0.1) is 16.9 Å². The van der Waals surface area contributed by atoms with Gasteiger partial charge in [0, 0.05) is 36.7 Å². The molecule has 1 saturated carbocycles. The van der Waals surface area contributed by atoms with Crippen LogP contribution in [0, 0.1) is 12.8 Å². The Labute approximate surface area is 172 Å². The molecule has 3 aromatic rings. The van der Waals surface area contributed by atoms with Gasteiger partial charge in [0.25, 0.3) is 5.91 Å². The van der Waals surface area contributed by atoms with Gasteiger partial charge >= 0.3 is 0 Å². The van der Waals surface area contributed by atoms with Crippen LogP contribution in [0.5, 0.6) is 0 Å². The Morgan fingerprint density at radius 3 is 2.72 bits per heavy atom. The van der Waals surface area contributed by atoms with Gasteiger partial charge in [0.1, 0.15) is 5.56 Å². The van der Waals surface area contributed by atoms with E-state index in [1.54, 1.807) is 23.0 Å². The van der Waals surface area contributed by atoms with E-state index in [-0.39, 0.29) is 23.8 Å². The lowest BCUT2D eigenvalue weighted by Gasteiger charge is -2.28. The molecule has 0 unspecified atom stereocenters. The molecule has 2 amide bonds. The lowest BCUT2D eigenvalue weighted by Crippen LogP contribution is -2.39. The van der Waals surface area contributed by atoms with Crippen LogP contribution >= 0.6 is 11.6 Å². The summed E-state index contributed by atoms with van der Waals surface area (Å²) in [4.78, 5) is 33.4. The van der Waals surface area contributed by atoms with Crippen molar-refractivity contribution in [2.75, 3.05) is 5.32 Å². The van der Waals surface area contributed by atoms with Crippen molar-refractivity contribution >= 4 is 34.7 Å². The Morgan fingerprint density at radius 1 is 1.17 bits per heavy atom. The molecule has 0 aromatic carbocycles. The monoisotopic (exact) mass is 412 g/mol. The number of nitrogens with zero attached hydrogens (tertiary/aromatic N) is 4. The number of amides is 2. The lowest BCUT2D eigenvalue weighted by molar-refractivity contribution is -0.120. The van der Waals surface area contributed by atoms with Crippen molar-refractivity contribution in [2.45, 2.75) is 38.6 Å². The number of halogens is 1. The Balaban J connectivity index is 1.33. The van der Waals surface area contributed by atoms with Crippen LogP contribution in [-0.4, -0.2) is 37.4 Å². The van der Waals surface area contributed by atoms with Gasteiger partial charge in [-0.1, -0.05) is 11.6 Å². The highest BCUT2D eigenvalue weighted by molar-refractivity contribution is 6.33. The van der Waals surface area contributed by atoms with Crippen molar-refractivity contribution in [3.63, 3.8) is 0 Å². The number of carbonyl (C=O) groups is 2. The van der Waals surface area contributed by atoms with Crippen LogP contribution in [0.3, 0.4) is 0 Å². The van der Waals surface area contributed by atoms with Crippen molar-refractivity contribution in [3.05, 3.63) is 53.2 Å². The van der Waals surface area contributed by atoms with Crippen molar-refractivity contribution in [1.82, 2.24) is 24.9 Å². The van der Waals surface area contributed by atoms with Gasteiger partial charge < -0.3 is 10.6 Å². The van der Waals surface area contributed by atoms with Crippen LogP contribution in [0.4, 0.5) is 5.69 Å². The molecule has 1 fully saturated rings. The summed E-state index contributed by atoms with van der Waals surface area (Å²) in [6, 6.07) is 1.70. The molecular weight excluding hydrogens is 392 g/mol. The molecule has 9 heteroatoms.